The summed E-state index contributed by atoms with van der Waals surface area (Å²) in [5.74, 6) is 1.22. The van der Waals surface area contributed by atoms with E-state index in [1.54, 1.807) is 12.1 Å². The molecule has 0 atom stereocenters. The topological polar surface area (TPSA) is 60.3 Å². The van der Waals surface area contributed by atoms with Crippen molar-refractivity contribution in [2.45, 2.75) is 13.5 Å². The number of hydrogen-bond donors (Lipinski definition) is 2. The van der Waals surface area contributed by atoms with Gasteiger partial charge in [-0.1, -0.05) is 6.07 Å². The van der Waals surface area contributed by atoms with Gasteiger partial charge >= 0.3 is 0 Å². The van der Waals surface area contributed by atoms with Crippen LogP contribution >= 0.6 is 24.0 Å². The molecule has 29 heavy (non-hydrogen) atoms. The molecule has 3 rings (SSSR count). The quantitative estimate of drug-likeness (QED) is 0.364. The van der Waals surface area contributed by atoms with E-state index in [0.717, 1.165) is 49.9 Å². The highest BCUT2D eigenvalue weighted by Gasteiger charge is 2.20. The molecule has 158 valence electrons. The fraction of sp³-hybridized carbons (Fsp3) is 0.381. The predicted molar refractivity (Wildman–Crippen MR) is 125 cm³/mol. The van der Waals surface area contributed by atoms with Crippen LogP contribution in [0.5, 0.6) is 11.5 Å². The first-order valence-electron chi connectivity index (χ1n) is 9.50. The number of methoxy groups -OCH3 is 1. The summed E-state index contributed by atoms with van der Waals surface area (Å²) in [5.41, 5.74) is 1.95. The molecule has 1 aliphatic rings. The van der Waals surface area contributed by atoms with Gasteiger partial charge in [-0.3, -0.25) is 0 Å². The van der Waals surface area contributed by atoms with E-state index >= 15 is 0 Å². The van der Waals surface area contributed by atoms with Gasteiger partial charge in [-0.05, 0) is 48.9 Å². The summed E-state index contributed by atoms with van der Waals surface area (Å²) < 4.78 is 18.2. The third kappa shape index (κ3) is 6.12. The van der Waals surface area contributed by atoms with Crippen molar-refractivity contribution in [2.75, 3.05) is 44.7 Å². The number of anilines is 1. The van der Waals surface area contributed by atoms with Crippen LogP contribution in [0.1, 0.15) is 12.5 Å². The van der Waals surface area contributed by atoms with Crippen LogP contribution in [-0.2, 0) is 6.54 Å². The summed E-state index contributed by atoms with van der Waals surface area (Å²) in [6.07, 6.45) is 0. The lowest BCUT2D eigenvalue weighted by Gasteiger charge is -2.37. The maximum absolute atomic E-state index is 13.1. The van der Waals surface area contributed by atoms with E-state index in [9.17, 15) is 9.50 Å². The minimum Gasteiger partial charge on any atom is -0.504 e. The molecule has 0 bridgehead atoms. The van der Waals surface area contributed by atoms with Gasteiger partial charge in [0.25, 0.3) is 0 Å². The molecule has 1 fully saturated rings. The minimum atomic E-state index is -0.214. The molecule has 2 aromatic rings. The summed E-state index contributed by atoms with van der Waals surface area (Å²) in [6.45, 7) is 6.65. The highest BCUT2D eigenvalue weighted by Crippen LogP contribution is 2.26. The molecule has 0 radical (unpaired) electrons. The Morgan fingerprint density at radius 1 is 1.14 bits per heavy atom. The molecule has 2 N–H and O–H groups in total. The van der Waals surface area contributed by atoms with Gasteiger partial charge in [0.2, 0.25) is 0 Å². The summed E-state index contributed by atoms with van der Waals surface area (Å²) in [5, 5.41) is 13.3. The number of guanidine groups is 1. The highest BCUT2D eigenvalue weighted by molar-refractivity contribution is 14.0. The Balaban J connectivity index is 0.00000300. The smallest absolute Gasteiger partial charge is 0.194 e. The molecule has 0 unspecified atom stereocenters. The number of rotatable bonds is 5. The second-order valence-corrected chi connectivity index (χ2v) is 6.63. The third-order valence-electron chi connectivity index (χ3n) is 4.76. The average Bonchev–Trinajstić information content (AvgIpc) is 2.72. The van der Waals surface area contributed by atoms with Crippen LogP contribution < -0.4 is 15.0 Å². The van der Waals surface area contributed by atoms with Crippen molar-refractivity contribution in [1.29, 1.82) is 0 Å². The zero-order valence-electron chi connectivity index (χ0n) is 16.8. The van der Waals surface area contributed by atoms with Gasteiger partial charge in [0.1, 0.15) is 5.82 Å². The number of piperazine rings is 1. The summed E-state index contributed by atoms with van der Waals surface area (Å²) in [7, 11) is 1.53. The van der Waals surface area contributed by atoms with Crippen LogP contribution in [0.2, 0.25) is 0 Å². The molecule has 1 saturated heterocycles. The molecule has 0 spiro atoms. The Morgan fingerprint density at radius 3 is 2.41 bits per heavy atom. The van der Waals surface area contributed by atoms with Crippen LogP contribution in [0.25, 0.3) is 0 Å². The maximum atomic E-state index is 13.1. The molecule has 1 aliphatic heterocycles. The van der Waals surface area contributed by atoms with Gasteiger partial charge < -0.3 is 25.0 Å². The molecule has 1 heterocycles. The second kappa shape index (κ2) is 11.1. The number of phenolic OH excluding ortho intramolecular Hbond substituents is 1. The lowest BCUT2D eigenvalue weighted by atomic mass is 10.2. The first-order chi connectivity index (χ1) is 13.6. The van der Waals surface area contributed by atoms with E-state index in [1.807, 2.05) is 25.1 Å². The predicted octanol–water partition coefficient (Wildman–Crippen LogP) is 3.45. The molecule has 6 nitrogen and oxygen atoms in total. The van der Waals surface area contributed by atoms with Crippen molar-refractivity contribution in [3.05, 3.63) is 53.8 Å². The van der Waals surface area contributed by atoms with Crippen molar-refractivity contribution in [2.24, 2.45) is 4.99 Å². The first kappa shape index (κ1) is 23.1. The van der Waals surface area contributed by atoms with Crippen molar-refractivity contribution in [3.63, 3.8) is 0 Å². The van der Waals surface area contributed by atoms with Gasteiger partial charge in [0.05, 0.1) is 13.7 Å². The number of nitrogens with zero attached hydrogens (tertiary/aromatic N) is 3. The number of phenols is 1. The lowest BCUT2D eigenvalue weighted by molar-refractivity contribution is 0.371. The van der Waals surface area contributed by atoms with Crippen LogP contribution in [0.3, 0.4) is 0 Å². The normalized spacial score (nSPS) is 14.4. The summed E-state index contributed by atoms with van der Waals surface area (Å²) in [4.78, 5) is 9.20. The number of hydrogen-bond acceptors (Lipinski definition) is 4. The van der Waals surface area contributed by atoms with Crippen LogP contribution in [0.4, 0.5) is 10.1 Å². The molecule has 2 aromatic carbocycles. The largest absolute Gasteiger partial charge is 0.504 e. The Labute approximate surface area is 188 Å². The van der Waals surface area contributed by atoms with Crippen LogP contribution in [-0.4, -0.2) is 55.8 Å². The number of halogens is 2. The maximum Gasteiger partial charge on any atom is 0.194 e. The third-order valence-corrected chi connectivity index (χ3v) is 4.76. The number of benzene rings is 2. The van der Waals surface area contributed by atoms with Gasteiger partial charge in [-0.15, -0.1) is 24.0 Å². The Kier molecular flexibility index (Phi) is 8.81. The SMILES string of the molecule is CCNC(=NCc1ccc(OC)c(O)c1)N1CCN(c2ccc(F)cc2)CC1.I. The van der Waals surface area contributed by atoms with E-state index in [4.69, 9.17) is 9.73 Å². The molecule has 0 aromatic heterocycles. The number of ether oxygens (including phenoxy) is 1. The van der Waals surface area contributed by atoms with Crippen LogP contribution in [0, 0.1) is 5.82 Å². The standard InChI is InChI=1S/C21H27FN4O2.HI/c1-3-23-21(24-15-16-4-9-20(28-2)19(27)14-16)26-12-10-25(11-13-26)18-7-5-17(22)6-8-18;/h4-9,14,27H,3,10-13,15H2,1-2H3,(H,23,24);1H. The van der Waals surface area contributed by atoms with E-state index < -0.39 is 0 Å². The van der Waals surface area contributed by atoms with Crippen LogP contribution in [0.15, 0.2) is 47.5 Å². The van der Waals surface area contributed by atoms with E-state index in [1.165, 1.54) is 19.2 Å². The van der Waals surface area contributed by atoms with Gasteiger partial charge in [-0.2, -0.15) is 0 Å². The summed E-state index contributed by atoms with van der Waals surface area (Å²) in [6, 6.07) is 12.0. The molecule has 8 heteroatoms. The minimum absolute atomic E-state index is 0. The second-order valence-electron chi connectivity index (χ2n) is 6.63. The van der Waals surface area contributed by atoms with Gasteiger partial charge in [-0.25, -0.2) is 9.38 Å². The zero-order chi connectivity index (χ0) is 19.9. The van der Waals surface area contributed by atoms with E-state index in [2.05, 4.69) is 15.1 Å². The highest BCUT2D eigenvalue weighted by atomic mass is 127. The number of nitrogens with one attached hydrogen (secondary N) is 1. The Bertz CT molecular complexity index is 809. The van der Waals surface area contributed by atoms with E-state index in [-0.39, 0.29) is 35.5 Å². The Hall–Kier alpha value is -2.23. The van der Waals surface area contributed by atoms with Crippen molar-refractivity contribution < 1.29 is 14.2 Å². The molecular weight excluding hydrogens is 486 g/mol. The van der Waals surface area contributed by atoms with Crippen molar-refractivity contribution >= 4 is 35.6 Å². The summed E-state index contributed by atoms with van der Waals surface area (Å²) >= 11 is 0. The fourth-order valence-corrected chi connectivity index (χ4v) is 3.25. The molecule has 0 saturated carbocycles. The molecule has 0 amide bonds. The number of aliphatic imine (C=N–C) groups is 1. The van der Waals surface area contributed by atoms with E-state index in [0.29, 0.717) is 12.3 Å². The molecular formula is C21H28FIN4O2. The Morgan fingerprint density at radius 2 is 1.83 bits per heavy atom. The monoisotopic (exact) mass is 514 g/mol. The first-order valence-corrected chi connectivity index (χ1v) is 9.50. The van der Waals surface area contributed by atoms with Crippen molar-refractivity contribution in [1.82, 2.24) is 10.2 Å². The van der Waals surface area contributed by atoms with Gasteiger partial charge in [0.15, 0.2) is 17.5 Å². The lowest BCUT2D eigenvalue weighted by Crippen LogP contribution is -2.52. The van der Waals surface area contributed by atoms with Gasteiger partial charge in [0, 0.05) is 38.4 Å². The average molecular weight is 514 g/mol. The number of aromatic hydroxyl groups is 1. The van der Waals surface area contributed by atoms with Crippen molar-refractivity contribution in [3.8, 4) is 11.5 Å². The zero-order valence-corrected chi connectivity index (χ0v) is 19.1. The molecule has 0 aliphatic carbocycles. The fourth-order valence-electron chi connectivity index (χ4n) is 3.25.